The van der Waals surface area contributed by atoms with Gasteiger partial charge in [-0.05, 0) is 120 Å². The number of fused-ring (bicyclic) bond motifs is 6. The van der Waals surface area contributed by atoms with E-state index in [2.05, 4.69) is 212 Å². The van der Waals surface area contributed by atoms with Crippen molar-refractivity contribution in [2.75, 3.05) is 0 Å². The summed E-state index contributed by atoms with van der Waals surface area (Å²) in [4.78, 5) is 15.4. The van der Waals surface area contributed by atoms with Crippen molar-refractivity contribution in [2.45, 2.75) is 5.41 Å². The van der Waals surface area contributed by atoms with Gasteiger partial charge in [0.1, 0.15) is 11.2 Å². The zero-order chi connectivity index (χ0) is 49.0. The average Bonchev–Trinajstić information content (AvgIpc) is 4.01. The predicted molar refractivity (Wildman–Crippen MR) is 302 cm³/mol. The highest BCUT2D eigenvalue weighted by atomic mass is 16.3. The van der Waals surface area contributed by atoms with Crippen LogP contribution in [0.15, 0.2) is 277 Å². The van der Waals surface area contributed by atoms with Crippen LogP contribution in [0.25, 0.3) is 112 Å². The van der Waals surface area contributed by atoms with E-state index < -0.39 is 5.41 Å². The van der Waals surface area contributed by atoms with E-state index in [0.29, 0.717) is 17.5 Å². The molecule has 4 nitrogen and oxygen atoms in total. The number of aromatic nitrogens is 3. The maximum absolute atomic E-state index is 6.19. The fraction of sp³-hybridized carbons (Fsp3) is 0.0143. The van der Waals surface area contributed by atoms with Crippen molar-refractivity contribution in [3.05, 3.63) is 295 Å². The fourth-order valence-corrected chi connectivity index (χ4v) is 11.4. The summed E-state index contributed by atoms with van der Waals surface area (Å²) in [6, 6.07) is 97.7. The van der Waals surface area contributed by atoms with E-state index in [-0.39, 0.29) is 0 Å². The first-order chi connectivity index (χ1) is 36.7. The standard InChI is InChI=1S/C70H45N3O/c1-6-20-46(21-7-1)53-44-58(47-34-36-50(37-35-47)68-71-67(49-24-10-3-11-25-49)72-69(73-68)52-39-41-65-61(43-52)57-31-17-19-33-64(57)74-65)66(48-22-8-2-9-23-48)59(45-53)51-38-40-63-60(42-51)56-30-16-18-32-62(56)70(63,54-26-12-4-13-27-54)55-28-14-5-15-29-55/h1-45H. The van der Waals surface area contributed by atoms with Crippen LogP contribution >= 0.6 is 0 Å². The Kier molecular flexibility index (Phi) is 10.4. The van der Waals surface area contributed by atoms with Gasteiger partial charge in [-0.25, -0.2) is 15.0 Å². The molecule has 0 fully saturated rings. The minimum atomic E-state index is -0.489. The minimum absolute atomic E-state index is 0.489. The van der Waals surface area contributed by atoms with Gasteiger partial charge in [-0.1, -0.05) is 231 Å². The second-order valence-electron chi connectivity index (χ2n) is 19.0. The molecule has 0 unspecified atom stereocenters. The molecule has 1 aliphatic carbocycles. The molecule has 0 radical (unpaired) electrons. The maximum Gasteiger partial charge on any atom is 0.164 e. The van der Waals surface area contributed by atoms with E-state index in [4.69, 9.17) is 19.4 Å². The molecule has 0 aliphatic heterocycles. The predicted octanol–water partition coefficient (Wildman–Crippen LogP) is 17.8. The molecule has 0 atom stereocenters. The monoisotopic (exact) mass is 943 g/mol. The lowest BCUT2D eigenvalue weighted by Gasteiger charge is -2.34. The van der Waals surface area contributed by atoms with Gasteiger partial charge in [0.15, 0.2) is 17.5 Å². The van der Waals surface area contributed by atoms with Crippen LogP contribution in [0.3, 0.4) is 0 Å². The second-order valence-corrected chi connectivity index (χ2v) is 19.0. The third-order valence-electron chi connectivity index (χ3n) is 14.8. The molecular formula is C70H45N3O. The highest BCUT2D eigenvalue weighted by molar-refractivity contribution is 6.06. The van der Waals surface area contributed by atoms with Crippen LogP contribution in [0.4, 0.5) is 0 Å². The molecule has 0 bridgehead atoms. The third-order valence-corrected chi connectivity index (χ3v) is 14.8. The summed E-state index contributed by atoms with van der Waals surface area (Å²) in [6.07, 6.45) is 0. The molecule has 0 saturated heterocycles. The van der Waals surface area contributed by atoms with Gasteiger partial charge in [-0.15, -0.1) is 0 Å². The third kappa shape index (κ3) is 7.18. The zero-order valence-electron chi connectivity index (χ0n) is 40.2. The van der Waals surface area contributed by atoms with Crippen LogP contribution in [0, 0.1) is 0 Å². The summed E-state index contributed by atoms with van der Waals surface area (Å²) in [6.45, 7) is 0. The van der Waals surface area contributed by atoms with Crippen LogP contribution in [0.2, 0.25) is 0 Å². The highest BCUT2D eigenvalue weighted by Gasteiger charge is 2.46. The van der Waals surface area contributed by atoms with Crippen LogP contribution in [-0.2, 0) is 5.41 Å². The summed E-state index contributed by atoms with van der Waals surface area (Å²) in [7, 11) is 0. The van der Waals surface area contributed by atoms with Gasteiger partial charge in [0.2, 0.25) is 0 Å². The lowest BCUT2D eigenvalue weighted by molar-refractivity contribution is 0.669. The Labute approximate surface area is 429 Å². The summed E-state index contributed by atoms with van der Waals surface area (Å²) in [5.41, 5.74) is 20.6. The van der Waals surface area contributed by atoms with E-state index in [0.717, 1.165) is 83.1 Å². The van der Waals surface area contributed by atoms with Gasteiger partial charge in [0.25, 0.3) is 0 Å². The van der Waals surface area contributed by atoms with E-state index >= 15 is 0 Å². The van der Waals surface area contributed by atoms with Crippen molar-refractivity contribution in [1.82, 2.24) is 15.0 Å². The molecule has 11 aromatic carbocycles. The van der Waals surface area contributed by atoms with Gasteiger partial charge in [-0.3, -0.25) is 0 Å². The number of para-hydroxylation sites is 1. The first-order valence-corrected chi connectivity index (χ1v) is 25.2. The molecule has 0 spiro atoms. The van der Waals surface area contributed by atoms with E-state index in [1.54, 1.807) is 0 Å². The molecule has 2 aromatic heterocycles. The summed E-state index contributed by atoms with van der Waals surface area (Å²) >= 11 is 0. The van der Waals surface area contributed by atoms with Gasteiger partial charge in [-0.2, -0.15) is 0 Å². The molecule has 346 valence electrons. The molecule has 0 amide bonds. The number of furan rings is 1. The van der Waals surface area contributed by atoms with E-state index in [1.165, 1.54) is 33.4 Å². The molecule has 0 saturated carbocycles. The Balaban J connectivity index is 0.948. The van der Waals surface area contributed by atoms with Crippen molar-refractivity contribution in [2.24, 2.45) is 0 Å². The molecule has 4 heteroatoms. The Morgan fingerprint density at radius 3 is 1.36 bits per heavy atom. The first-order valence-electron chi connectivity index (χ1n) is 25.2. The number of hydrogen-bond donors (Lipinski definition) is 0. The van der Waals surface area contributed by atoms with E-state index in [1.807, 2.05) is 60.7 Å². The Hall–Kier alpha value is -9.77. The SMILES string of the molecule is c1ccc(-c2cc(-c3ccc(-c4nc(-c5ccccc5)nc(-c5ccc6oc7ccccc7c6c5)n4)cc3)c(-c3ccccc3)c(-c3ccc4c(c3)-c3ccccc3C4(c3ccccc3)c3ccccc3)c2)cc1. The van der Waals surface area contributed by atoms with Crippen LogP contribution in [-0.4, -0.2) is 15.0 Å². The first kappa shape index (κ1) is 43.1. The molecule has 14 rings (SSSR count). The lowest BCUT2D eigenvalue weighted by atomic mass is 9.67. The van der Waals surface area contributed by atoms with Gasteiger partial charge in [0.05, 0.1) is 5.41 Å². The van der Waals surface area contributed by atoms with Crippen LogP contribution in [0.5, 0.6) is 0 Å². The zero-order valence-corrected chi connectivity index (χ0v) is 40.2. The topological polar surface area (TPSA) is 51.8 Å². The average molecular weight is 944 g/mol. The smallest absolute Gasteiger partial charge is 0.164 e. The number of hydrogen-bond acceptors (Lipinski definition) is 4. The van der Waals surface area contributed by atoms with Crippen molar-refractivity contribution in [1.29, 1.82) is 0 Å². The number of benzene rings is 11. The Morgan fingerprint density at radius 1 is 0.257 bits per heavy atom. The summed E-state index contributed by atoms with van der Waals surface area (Å²) in [5, 5.41) is 2.08. The van der Waals surface area contributed by atoms with Gasteiger partial charge in [0, 0.05) is 27.5 Å². The van der Waals surface area contributed by atoms with E-state index in [9.17, 15) is 0 Å². The summed E-state index contributed by atoms with van der Waals surface area (Å²) in [5.74, 6) is 1.80. The Bertz CT molecular complexity index is 4170. The minimum Gasteiger partial charge on any atom is -0.456 e. The molecule has 74 heavy (non-hydrogen) atoms. The van der Waals surface area contributed by atoms with Gasteiger partial charge >= 0.3 is 0 Å². The van der Waals surface area contributed by atoms with Crippen molar-refractivity contribution in [3.63, 3.8) is 0 Å². The normalized spacial score (nSPS) is 12.4. The number of nitrogens with zero attached hydrogens (tertiary/aromatic N) is 3. The fourth-order valence-electron chi connectivity index (χ4n) is 11.4. The Morgan fingerprint density at radius 2 is 0.703 bits per heavy atom. The van der Waals surface area contributed by atoms with Crippen molar-refractivity contribution >= 4 is 21.9 Å². The second kappa shape index (κ2) is 17.8. The molecule has 1 aliphatic rings. The quantitative estimate of drug-likeness (QED) is 0.145. The maximum atomic E-state index is 6.19. The highest BCUT2D eigenvalue weighted by Crippen LogP contribution is 2.57. The molecular weight excluding hydrogens is 899 g/mol. The van der Waals surface area contributed by atoms with Crippen molar-refractivity contribution in [3.8, 4) is 89.8 Å². The molecule has 0 N–H and O–H groups in total. The summed E-state index contributed by atoms with van der Waals surface area (Å²) < 4.78 is 6.19. The molecule has 13 aromatic rings. The largest absolute Gasteiger partial charge is 0.456 e. The number of rotatable bonds is 9. The lowest BCUT2D eigenvalue weighted by Crippen LogP contribution is -2.28. The van der Waals surface area contributed by atoms with Crippen LogP contribution in [0.1, 0.15) is 22.3 Å². The van der Waals surface area contributed by atoms with Gasteiger partial charge < -0.3 is 4.42 Å². The molecule has 2 heterocycles. The van der Waals surface area contributed by atoms with Crippen LogP contribution < -0.4 is 0 Å². The van der Waals surface area contributed by atoms with Crippen molar-refractivity contribution < 1.29 is 4.42 Å².